The smallest absolute Gasteiger partial charge is 0.417 e. The Balaban J connectivity index is 3.23. The van der Waals surface area contributed by atoms with E-state index in [9.17, 15) is 18.0 Å². The molecule has 1 aromatic carbocycles. The van der Waals surface area contributed by atoms with E-state index < -0.39 is 17.7 Å². The van der Waals surface area contributed by atoms with E-state index in [0.717, 1.165) is 12.1 Å². The predicted octanol–water partition coefficient (Wildman–Crippen LogP) is 3.29. The van der Waals surface area contributed by atoms with Crippen LogP contribution in [-0.4, -0.2) is 12.6 Å². The fourth-order valence-electron chi connectivity index (χ4n) is 1.45. The van der Waals surface area contributed by atoms with E-state index >= 15 is 0 Å². The van der Waals surface area contributed by atoms with Crippen LogP contribution in [0.2, 0.25) is 0 Å². The van der Waals surface area contributed by atoms with Crippen LogP contribution >= 0.6 is 22.6 Å². The summed E-state index contributed by atoms with van der Waals surface area (Å²) >= 11 is 1.51. The third kappa shape index (κ3) is 4.09. The van der Waals surface area contributed by atoms with Crippen molar-refractivity contribution in [2.75, 3.05) is 6.61 Å². The lowest BCUT2D eigenvalue weighted by Crippen LogP contribution is -2.13. The summed E-state index contributed by atoms with van der Waals surface area (Å²) in [5, 5.41) is 8.89. The molecule has 0 aliphatic carbocycles. The molecular formula is C12H9F3INO2. The molecule has 0 aliphatic heterocycles. The molecule has 19 heavy (non-hydrogen) atoms. The summed E-state index contributed by atoms with van der Waals surface area (Å²) in [5.74, 6) is -0.659. The van der Waals surface area contributed by atoms with Gasteiger partial charge in [0.1, 0.15) is 0 Å². The fourth-order valence-corrected chi connectivity index (χ4v) is 2.23. The summed E-state index contributed by atoms with van der Waals surface area (Å²) in [6.07, 6.45) is -4.87. The highest BCUT2D eigenvalue weighted by molar-refractivity contribution is 14.1. The van der Waals surface area contributed by atoms with Gasteiger partial charge in [-0.15, -0.1) is 0 Å². The highest BCUT2D eigenvalue weighted by Crippen LogP contribution is 2.34. The first-order valence-corrected chi connectivity index (χ1v) is 6.32. The Morgan fingerprint density at radius 3 is 2.58 bits per heavy atom. The zero-order valence-electron chi connectivity index (χ0n) is 9.84. The molecule has 3 nitrogen and oxygen atoms in total. The second kappa shape index (κ2) is 6.23. The molecule has 0 aromatic heterocycles. The topological polar surface area (TPSA) is 50.1 Å². The average molecular weight is 383 g/mol. The minimum atomic E-state index is -4.52. The van der Waals surface area contributed by atoms with Crippen LogP contribution in [0, 0.1) is 14.9 Å². The number of esters is 1. The number of ether oxygens (including phenoxy) is 1. The third-order valence-corrected chi connectivity index (χ3v) is 3.15. The molecule has 1 aromatic rings. The first kappa shape index (κ1) is 15.8. The number of alkyl halides is 3. The summed E-state index contributed by atoms with van der Waals surface area (Å²) in [6.45, 7) is 1.73. The number of benzene rings is 1. The molecule has 0 saturated carbocycles. The molecule has 102 valence electrons. The monoisotopic (exact) mass is 383 g/mol. The highest BCUT2D eigenvalue weighted by Gasteiger charge is 2.34. The molecular weight excluding hydrogens is 374 g/mol. The van der Waals surface area contributed by atoms with E-state index in [1.165, 1.54) is 22.6 Å². The number of carbonyl (C=O) groups is 1. The maximum atomic E-state index is 12.7. The maximum absolute atomic E-state index is 12.7. The molecule has 0 atom stereocenters. The van der Waals surface area contributed by atoms with Crippen molar-refractivity contribution >= 4 is 28.6 Å². The average Bonchev–Trinajstić information content (AvgIpc) is 2.29. The predicted molar refractivity (Wildman–Crippen MR) is 69.2 cm³/mol. The lowest BCUT2D eigenvalue weighted by atomic mass is 10.0. The van der Waals surface area contributed by atoms with Gasteiger partial charge in [-0.1, -0.05) is 0 Å². The zero-order chi connectivity index (χ0) is 14.6. The van der Waals surface area contributed by atoms with Gasteiger partial charge in [0.25, 0.3) is 0 Å². The standard InChI is InChI=1S/C12H9F3INO2/c1-2-19-11(18)5-7-3-9(12(13,14)15)10(16)4-8(7)6-17/h3-4H,2,5H2,1H3. The van der Waals surface area contributed by atoms with Gasteiger partial charge in [0.05, 0.1) is 30.2 Å². The number of hydrogen-bond donors (Lipinski definition) is 0. The summed E-state index contributed by atoms with van der Waals surface area (Å²) < 4.78 is 42.8. The Hall–Kier alpha value is -1.30. The Kier molecular flexibility index (Phi) is 5.17. The van der Waals surface area contributed by atoms with E-state index in [2.05, 4.69) is 4.74 Å². The Labute approximate surface area is 121 Å². The zero-order valence-corrected chi connectivity index (χ0v) is 12.0. The summed E-state index contributed by atoms with van der Waals surface area (Å²) in [5.41, 5.74) is -0.787. The van der Waals surface area contributed by atoms with Crippen LogP contribution in [-0.2, 0) is 22.1 Å². The van der Waals surface area contributed by atoms with Crippen LogP contribution in [0.4, 0.5) is 13.2 Å². The van der Waals surface area contributed by atoms with Crippen molar-refractivity contribution in [2.45, 2.75) is 19.5 Å². The quantitative estimate of drug-likeness (QED) is 0.595. The first-order valence-electron chi connectivity index (χ1n) is 5.25. The lowest BCUT2D eigenvalue weighted by molar-refractivity contribution is -0.142. The summed E-state index contributed by atoms with van der Waals surface area (Å²) in [6, 6.07) is 3.74. The molecule has 0 bridgehead atoms. The largest absolute Gasteiger partial charge is 0.466 e. The van der Waals surface area contributed by atoms with Gasteiger partial charge in [0.2, 0.25) is 0 Å². The normalized spacial score (nSPS) is 10.9. The van der Waals surface area contributed by atoms with Crippen molar-refractivity contribution in [3.63, 3.8) is 0 Å². The van der Waals surface area contributed by atoms with Crippen LogP contribution in [0.5, 0.6) is 0 Å². The number of rotatable bonds is 3. The Morgan fingerprint density at radius 2 is 2.11 bits per heavy atom. The van der Waals surface area contributed by atoms with Crippen molar-refractivity contribution in [1.29, 1.82) is 5.26 Å². The highest BCUT2D eigenvalue weighted by atomic mass is 127. The van der Waals surface area contributed by atoms with Gasteiger partial charge in [-0.25, -0.2) is 0 Å². The van der Waals surface area contributed by atoms with Crippen LogP contribution in [0.3, 0.4) is 0 Å². The fraction of sp³-hybridized carbons (Fsp3) is 0.333. The van der Waals surface area contributed by atoms with Crippen LogP contribution < -0.4 is 0 Å². The van der Waals surface area contributed by atoms with Crippen LogP contribution in [0.1, 0.15) is 23.6 Å². The second-order valence-electron chi connectivity index (χ2n) is 3.58. The van der Waals surface area contributed by atoms with Gasteiger partial charge in [0.15, 0.2) is 0 Å². The van der Waals surface area contributed by atoms with E-state index in [-0.39, 0.29) is 27.7 Å². The van der Waals surface area contributed by atoms with E-state index in [1.807, 2.05) is 0 Å². The molecule has 1 rings (SSSR count). The van der Waals surface area contributed by atoms with Gasteiger partial charge in [0, 0.05) is 3.57 Å². The molecule has 0 fully saturated rings. The molecule has 7 heteroatoms. The summed E-state index contributed by atoms with van der Waals surface area (Å²) in [4.78, 5) is 11.3. The third-order valence-electron chi connectivity index (χ3n) is 2.26. The minimum absolute atomic E-state index is 0.0219. The molecule has 0 saturated heterocycles. The van der Waals surface area contributed by atoms with Gasteiger partial charge >= 0.3 is 12.1 Å². The van der Waals surface area contributed by atoms with Crippen molar-refractivity contribution in [1.82, 2.24) is 0 Å². The second-order valence-corrected chi connectivity index (χ2v) is 4.74. The lowest BCUT2D eigenvalue weighted by Gasteiger charge is -2.12. The van der Waals surface area contributed by atoms with E-state index in [0.29, 0.717) is 0 Å². The maximum Gasteiger partial charge on any atom is 0.417 e. The van der Waals surface area contributed by atoms with Crippen molar-refractivity contribution in [2.24, 2.45) is 0 Å². The summed E-state index contributed by atoms with van der Waals surface area (Å²) in [7, 11) is 0. The van der Waals surface area contributed by atoms with Gasteiger partial charge < -0.3 is 4.74 Å². The Bertz CT molecular complexity index is 535. The van der Waals surface area contributed by atoms with Crippen molar-refractivity contribution in [3.8, 4) is 6.07 Å². The number of hydrogen-bond acceptors (Lipinski definition) is 3. The van der Waals surface area contributed by atoms with Crippen LogP contribution in [0.15, 0.2) is 12.1 Å². The number of halogens is 4. The molecule has 0 heterocycles. The van der Waals surface area contributed by atoms with Crippen molar-refractivity contribution < 1.29 is 22.7 Å². The molecule has 0 N–H and O–H groups in total. The first-order chi connectivity index (χ1) is 8.79. The number of nitriles is 1. The molecule has 0 unspecified atom stereocenters. The van der Waals surface area contributed by atoms with Gasteiger partial charge in [-0.3, -0.25) is 4.79 Å². The number of carbonyl (C=O) groups excluding carboxylic acids is 1. The van der Waals surface area contributed by atoms with Crippen LogP contribution in [0.25, 0.3) is 0 Å². The number of nitrogens with zero attached hydrogens (tertiary/aromatic N) is 1. The van der Waals surface area contributed by atoms with Gasteiger partial charge in [-0.2, -0.15) is 18.4 Å². The molecule has 0 radical (unpaired) electrons. The minimum Gasteiger partial charge on any atom is -0.466 e. The van der Waals surface area contributed by atoms with E-state index in [1.54, 1.807) is 13.0 Å². The molecule has 0 amide bonds. The molecule has 0 aliphatic rings. The Morgan fingerprint density at radius 1 is 1.47 bits per heavy atom. The SMILES string of the molecule is CCOC(=O)Cc1cc(C(F)(F)F)c(I)cc1C#N. The van der Waals surface area contributed by atoms with E-state index in [4.69, 9.17) is 5.26 Å². The van der Waals surface area contributed by atoms with Crippen molar-refractivity contribution in [3.05, 3.63) is 32.4 Å². The molecule has 0 spiro atoms. The van der Waals surface area contributed by atoms with Gasteiger partial charge in [-0.05, 0) is 47.2 Å².